The number of rotatable bonds is 3. The van der Waals surface area contributed by atoms with E-state index in [-0.39, 0.29) is 23.7 Å². The minimum atomic E-state index is -0.0724. The van der Waals surface area contributed by atoms with Crippen LogP contribution in [0.4, 0.5) is 0 Å². The lowest BCUT2D eigenvalue weighted by atomic mass is 9.88. The molecular weight excluding hydrogens is 280 g/mol. The zero-order chi connectivity index (χ0) is 15.9. The number of piperazine rings is 1. The smallest absolute Gasteiger partial charge is 0.240 e. The van der Waals surface area contributed by atoms with Crippen molar-refractivity contribution >= 4 is 5.91 Å². The molecule has 2 heterocycles. The number of amides is 1. The molecule has 2 atom stereocenters. The van der Waals surface area contributed by atoms with Crippen molar-refractivity contribution in [2.75, 3.05) is 20.2 Å². The molecule has 5 heteroatoms. The summed E-state index contributed by atoms with van der Waals surface area (Å²) in [6.07, 6.45) is 1.65. The van der Waals surface area contributed by atoms with Gasteiger partial charge in [0.25, 0.3) is 0 Å². The van der Waals surface area contributed by atoms with Crippen molar-refractivity contribution < 1.29 is 14.6 Å². The van der Waals surface area contributed by atoms with E-state index in [9.17, 15) is 9.90 Å². The summed E-state index contributed by atoms with van der Waals surface area (Å²) < 4.78 is 5.22. The average molecular weight is 304 g/mol. The Morgan fingerprint density at radius 2 is 2.23 bits per heavy atom. The predicted octanol–water partition coefficient (Wildman–Crippen LogP) is 1.84. The monoisotopic (exact) mass is 304 g/mol. The highest BCUT2D eigenvalue weighted by molar-refractivity contribution is 5.83. The van der Waals surface area contributed by atoms with Crippen LogP contribution in [0.25, 0.3) is 0 Å². The van der Waals surface area contributed by atoms with Crippen molar-refractivity contribution in [2.24, 2.45) is 5.92 Å². The first-order valence-corrected chi connectivity index (χ1v) is 7.95. The van der Waals surface area contributed by atoms with E-state index >= 15 is 0 Å². The van der Waals surface area contributed by atoms with E-state index in [0.717, 1.165) is 37.1 Å². The number of fused-ring (bicyclic) bond motifs is 3. The van der Waals surface area contributed by atoms with Gasteiger partial charge in [0.15, 0.2) is 11.5 Å². The van der Waals surface area contributed by atoms with Gasteiger partial charge in [0, 0.05) is 13.1 Å². The van der Waals surface area contributed by atoms with E-state index in [2.05, 4.69) is 19.2 Å². The van der Waals surface area contributed by atoms with Crippen LogP contribution in [0.2, 0.25) is 0 Å². The van der Waals surface area contributed by atoms with Crippen molar-refractivity contribution in [2.45, 2.75) is 38.8 Å². The number of benzene rings is 1. The van der Waals surface area contributed by atoms with Gasteiger partial charge in [-0.15, -0.1) is 0 Å². The molecule has 0 spiro atoms. The fourth-order valence-corrected chi connectivity index (χ4v) is 3.56. The number of aromatic hydroxyl groups is 1. The molecule has 2 aliphatic heterocycles. The van der Waals surface area contributed by atoms with E-state index in [4.69, 9.17) is 4.74 Å². The third kappa shape index (κ3) is 2.54. The normalized spacial score (nSPS) is 24.2. The molecule has 1 amide bonds. The second-order valence-electron chi connectivity index (χ2n) is 6.61. The van der Waals surface area contributed by atoms with Crippen molar-refractivity contribution in [3.05, 3.63) is 23.3 Å². The molecule has 3 rings (SSSR count). The van der Waals surface area contributed by atoms with Gasteiger partial charge in [-0.2, -0.15) is 0 Å². The Hall–Kier alpha value is -1.75. The van der Waals surface area contributed by atoms with Crippen LogP contribution in [-0.2, 0) is 11.2 Å². The molecule has 0 aromatic heterocycles. The Morgan fingerprint density at radius 3 is 2.91 bits per heavy atom. The van der Waals surface area contributed by atoms with E-state index in [1.807, 2.05) is 11.0 Å². The molecule has 1 fully saturated rings. The largest absolute Gasteiger partial charge is 0.504 e. The summed E-state index contributed by atoms with van der Waals surface area (Å²) in [5.74, 6) is 1.33. The molecule has 1 saturated heterocycles. The van der Waals surface area contributed by atoms with Gasteiger partial charge in [0.1, 0.15) is 0 Å². The Bertz CT molecular complexity index is 586. The Balaban J connectivity index is 1.89. The first-order valence-electron chi connectivity index (χ1n) is 7.95. The Morgan fingerprint density at radius 1 is 1.45 bits per heavy atom. The van der Waals surface area contributed by atoms with Crippen molar-refractivity contribution in [1.29, 1.82) is 0 Å². The fraction of sp³-hybridized carbons (Fsp3) is 0.588. The van der Waals surface area contributed by atoms with Crippen molar-refractivity contribution in [3.8, 4) is 11.5 Å². The predicted molar refractivity (Wildman–Crippen MR) is 84.1 cm³/mol. The summed E-state index contributed by atoms with van der Waals surface area (Å²) in [7, 11) is 1.55. The molecule has 5 nitrogen and oxygen atoms in total. The van der Waals surface area contributed by atoms with Crippen LogP contribution < -0.4 is 10.1 Å². The molecular formula is C17H24N2O3. The highest BCUT2D eigenvalue weighted by atomic mass is 16.5. The highest BCUT2D eigenvalue weighted by Gasteiger charge is 2.39. The lowest BCUT2D eigenvalue weighted by Crippen LogP contribution is -2.58. The minimum absolute atomic E-state index is 0.0363. The number of hydrogen-bond donors (Lipinski definition) is 2. The summed E-state index contributed by atoms with van der Waals surface area (Å²) in [6.45, 7) is 5.75. The van der Waals surface area contributed by atoms with E-state index in [0.29, 0.717) is 11.7 Å². The van der Waals surface area contributed by atoms with Crippen LogP contribution in [0.5, 0.6) is 11.5 Å². The second-order valence-corrected chi connectivity index (χ2v) is 6.61. The number of carbonyl (C=O) groups is 1. The highest BCUT2D eigenvalue weighted by Crippen LogP contribution is 2.38. The lowest BCUT2D eigenvalue weighted by molar-refractivity contribution is -0.140. The maximum Gasteiger partial charge on any atom is 0.240 e. The number of nitrogens with zero attached hydrogens (tertiary/aromatic N) is 1. The number of methoxy groups -OCH3 is 1. The lowest BCUT2D eigenvalue weighted by Gasteiger charge is -2.44. The van der Waals surface area contributed by atoms with Crippen LogP contribution in [0, 0.1) is 5.92 Å². The van der Waals surface area contributed by atoms with Crippen LogP contribution in [-0.4, -0.2) is 42.2 Å². The maximum absolute atomic E-state index is 12.7. The molecule has 0 unspecified atom stereocenters. The van der Waals surface area contributed by atoms with E-state index in [1.54, 1.807) is 13.2 Å². The maximum atomic E-state index is 12.7. The number of hydrogen-bond acceptors (Lipinski definition) is 4. The zero-order valence-corrected chi connectivity index (χ0v) is 13.4. The molecule has 0 bridgehead atoms. The minimum Gasteiger partial charge on any atom is -0.504 e. The summed E-state index contributed by atoms with van der Waals surface area (Å²) in [6, 6.07) is 3.61. The topological polar surface area (TPSA) is 61.8 Å². The van der Waals surface area contributed by atoms with Gasteiger partial charge in [-0.25, -0.2) is 0 Å². The van der Waals surface area contributed by atoms with Crippen LogP contribution in [0.15, 0.2) is 12.1 Å². The van der Waals surface area contributed by atoms with Crippen LogP contribution in [0.1, 0.15) is 37.4 Å². The number of ether oxygens (including phenoxy) is 1. The quantitative estimate of drug-likeness (QED) is 0.894. The molecule has 0 saturated carbocycles. The van der Waals surface area contributed by atoms with Gasteiger partial charge >= 0.3 is 0 Å². The molecule has 2 aliphatic rings. The van der Waals surface area contributed by atoms with Gasteiger partial charge in [-0.1, -0.05) is 13.8 Å². The molecule has 1 aromatic carbocycles. The number of phenols is 1. The molecule has 22 heavy (non-hydrogen) atoms. The van der Waals surface area contributed by atoms with Crippen molar-refractivity contribution in [1.82, 2.24) is 10.2 Å². The number of carbonyl (C=O) groups excluding carboxylic acids is 1. The molecule has 120 valence electrons. The van der Waals surface area contributed by atoms with Gasteiger partial charge in [-0.05, 0) is 42.0 Å². The first-order chi connectivity index (χ1) is 10.5. The molecule has 0 radical (unpaired) electrons. The van der Waals surface area contributed by atoms with Gasteiger partial charge < -0.3 is 20.1 Å². The molecule has 0 aliphatic carbocycles. The van der Waals surface area contributed by atoms with E-state index in [1.165, 1.54) is 0 Å². The summed E-state index contributed by atoms with van der Waals surface area (Å²) in [5.41, 5.74) is 2.20. The third-order valence-corrected chi connectivity index (χ3v) is 4.64. The Kier molecular flexibility index (Phi) is 4.00. The average Bonchev–Trinajstić information content (AvgIpc) is 2.48. The summed E-state index contributed by atoms with van der Waals surface area (Å²) in [4.78, 5) is 14.7. The summed E-state index contributed by atoms with van der Waals surface area (Å²) >= 11 is 0. The number of nitrogens with one attached hydrogen (secondary N) is 1. The summed E-state index contributed by atoms with van der Waals surface area (Å²) in [5, 5.41) is 13.3. The number of phenolic OH excluding ortho intramolecular Hbond substituents is 1. The van der Waals surface area contributed by atoms with Gasteiger partial charge in [0.05, 0.1) is 19.2 Å². The zero-order valence-electron chi connectivity index (χ0n) is 13.4. The standard InChI is InChI=1S/C17H24N2O3/c1-10(2)6-13-17(21)19-5-4-11-7-15(20)16(22-3)8-12(11)14(19)9-18-13/h7-8,10,13-14,18,20H,4-6,9H2,1-3H3/t13-,14+/m1/s1. The van der Waals surface area contributed by atoms with Gasteiger partial charge in [0.2, 0.25) is 5.91 Å². The first kappa shape index (κ1) is 15.2. The van der Waals surface area contributed by atoms with E-state index < -0.39 is 0 Å². The van der Waals surface area contributed by atoms with Crippen molar-refractivity contribution in [3.63, 3.8) is 0 Å². The van der Waals surface area contributed by atoms with Crippen LogP contribution in [0.3, 0.4) is 0 Å². The SMILES string of the molecule is COc1cc2c(cc1O)CCN1C(=O)[C@@H](CC(C)C)NC[C@@H]21. The molecule has 2 N–H and O–H groups in total. The van der Waals surface area contributed by atoms with Crippen LogP contribution >= 0.6 is 0 Å². The molecule has 1 aromatic rings. The second kappa shape index (κ2) is 5.80. The third-order valence-electron chi connectivity index (χ3n) is 4.64. The Labute approximate surface area is 131 Å². The fourth-order valence-electron chi connectivity index (χ4n) is 3.56. The van der Waals surface area contributed by atoms with Gasteiger partial charge in [-0.3, -0.25) is 4.79 Å².